The van der Waals surface area contributed by atoms with Crippen molar-refractivity contribution in [3.8, 4) is 5.75 Å². The number of benzene rings is 2. The molecule has 3 aromatic rings. The Bertz CT molecular complexity index is 731. The molecule has 0 spiro atoms. The fourth-order valence-electron chi connectivity index (χ4n) is 2.64. The van der Waals surface area contributed by atoms with E-state index in [-0.39, 0.29) is 0 Å². The second-order valence-corrected chi connectivity index (χ2v) is 5.00. The van der Waals surface area contributed by atoms with Crippen LogP contribution in [0.15, 0.2) is 54.7 Å². The summed E-state index contributed by atoms with van der Waals surface area (Å²) in [6, 6.07) is 15.8. The molecule has 0 saturated heterocycles. The summed E-state index contributed by atoms with van der Waals surface area (Å²) in [4.78, 5) is 0. The van der Waals surface area contributed by atoms with Crippen molar-refractivity contribution >= 4 is 10.9 Å². The lowest BCUT2D eigenvalue weighted by Gasteiger charge is -2.06. The highest BCUT2D eigenvalue weighted by atomic mass is 16.3. The second kappa shape index (κ2) is 5.39. The summed E-state index contributed by atoms with van der Waals surface area (Å²) in [6.07, 6.45) is 2.19. The minimum Gasteiger partial charge on any atom is -0.508 e. The van der Waals surface area contributed by atoms with E-state index in [9.17, 15) is 5.11 Å². The number of fused-ring (bicyclic) bond motifs is 1. The van der Waals surface area contributed by atoms with Crippen LogP contribution < -0.4 is 5.32 Å². The van der Waals surface area contributed by atoms with E-state index < -0.39 is 0 Å². The molecule has 20 heavy (non-hydrogen) atoms. The highest BCUT2D eigenvalue weighted by Gasteiger charge is 2.07. The third-order valence-electron chi connectivity index (χ3n) is 3.50. The molecule has 0 amide bonds. The zero-order valence-corrected chi connectivity index (χ0v) is 11.5. The SMILES string of the molecule is CNCc1cn(Cc2cccc(O)c2)c2ccccc12. The molecule has 0 aliphatic rings. The fraction of sp³-hybridized carbons (Fsp3) is 0.176. The Labute approximate surface area is 118 Å². The van der Waals surface area contributed by atoms with Gasteiger partial charge >= 0.3 is 0 Å². The molecule has 102 valence electrons. The number of nitrogens with zero attached hydrogens (tertiary/aromatic N) is 1. The fourth-order valence-corrected chi connectivity index (χ4v) is 2.64. The maximum atomic E-state index is 9.57. The van der Waals surface area contributed by atoms with Crippen LogP contribution in [-0.2, 0) is 13.1 Å². The molecule has 1 aromatic heterocycles. The summed E-state index contributed by atoms with van der Waals surface area (Å²) in [6.45, 7) is 1.62. The van der Waals surface area contributed by atoms with Crippen molar-refractivity contribution in [1.29, 1.82) is 0 Å². The Morgan fingerprint density at radius 3 is 2.75 bits per heavy atom. The summed E-state index contributed by atoms with van der Waals surface area (Å²) >= 11 is 0. The van der Waals surface area contributed by atoms with Crippen molar-refractivity contribution in [1.82, 2.24) is 9.88 Å². The van der Waals surface area contributed by atoms with Crippen molar-refractivity contribution in [3.63, 3.8) is 0 Å². The number of para-hydroxylation sites is 1. The molecule has 0 aliphatic heterocycles. The lowest BCUT2D eigenvalue weighted by molar-refractivity contribution is 0.474. The van der Waals surface area contributed by atoms with Crippen molar-refractivity contribution < 1.29 is 5.11 Å². The maximum Gasteiger partial charge on any atom is 0.115 e. The average Bonchev–Trinajstić information content (AvgIpc) is 2.78. The van der Waals surface area contributed by atoms with Crippen molar-refractivity contribution in [3.05, 3.63) is 65.9 Å². The number of nitrogens with one attached hydrogen (secondary N) is 1. The van der Waals surface area contributed by atoms with E-state index in [0.717, 1.165) is 18.7 Å². The largest absolute Gasteiger partial charge is 0.508 e. The Hall–Kier alpha value is -2.26. The van der Waals surface area contributed by atoms with Gasteiger partial charge in [-0.25, -0.2) is 0 Å². The molecule has 3 rings (SSSR count). The number of rotatable bonds is 4. The first-order valence-electron chi connectivity index (χ1n) is 6.77. The highest BCUT2D eigenvalue weighted by Crippen LogP contribution is 2.23. The van der Waals surface area contributed by atoms with Crippen LogP contribution in [0.25, 0.3) is 10.9 Å². The number of phenols is 1. The smallest absolute Gasteiger partial charge is 0.115 e. The summed E-state index contributed by atoms with van der Waals surface area (Å²) in [5, 5.41) is 14.1. The van der Waals surface area contributed by atoms with Gasteiger partial charge < -0.3 is 15.0 Å². The van der Waals surface area contributed by atoms with Gasteiger partial charge in [-0.2, -0.15) is 0 Å². The Balaban J connectivity index is 2.03. The predicted octanol–water partition coefficient (Wildman–Crippen LogP) is 3.11. The molecule has 3 nitrogen and oxygen atoms in total. The zero-order valence-electron chi connectivity index (χ0n) is 11.5. The Kier molecular flexibility index (Phi) is 3.44. The van der Waals surface area contributed by atoms with Gasteiger partial charge in [0.25, 0.3) is 0 Å². The molecule has 2 N–H and O–H groups in total. The van der Waals surface area contributed by atoms with Gasteiger partial charge in [0.05, 0.1) is 0 Å². The summed E-state index contributed by atoms with van der Waals surface area (Å²) in [7, 11) is 1.96. The molecule has 1 heterocycles. The zero-order chi connectivity index (χ0) is 13.9. The number of phenolic OH excluding ortho intramolecular Hbond substituents is 1. The normalized spacial score (nSPS) is 11.1. The van der Waals surface area contributed by atoms with Crippen LogP contribution in [-0.4, -0.2) is 16.7 Å². The Morgan fingerprint density at radius 2 is 1.95 bits per heavy atom. The van der Waals surface area contributed by atoms with E-state index in [1.807, 2.05) is 25.2 Å². The standard InChI is InChI=1S/C17H18N2O/c1-18-10-14-12-19(17-8-3-2-7-16(14)17)11-13-5-4-6-15(20)9-13/h2-9,12,18,20H,10-11H2,1H3. The monoisotopic (exact) mass is 266 g/mol. The van der Waals surface area contributed by atoms with Gasteiger partial charge in [0.1, 0.15) is 5.75 Å². The first-order valence-corrected chi connectivity index (χ1v) is 6.77. The maximum absolute atomic E-state index is 9.57. The molecule has 0 unspecified atom stereocenters. The molecule has 0 fully saturated rings. The van der Waals surface area contributed by atoms with Gasteiger partial charge in [-0.05, 0) is 36.4 Å². The van der Waals surface area contributed by atoms with E-state index in [1.54, 1.807) is 6.07 Å². The highest BCUT2D eigenvalue weighted by molar-refractivity contribution is 5.84. The lowest BCUT2D eigenvalue weighted by Crippen LogP contribution is -2.04. The Morgan fingerprint density at radius 1 is 1.10 bits per heavy atom. The first-order chi connectivity index (χ1) is 9.78. The van der Waals surface area contributed by atoms with E-state index in [4.69, 9.17) is 0 Å². The molecule has 2 aromatic carbocycles. The van der Waals surface area contributed by atoms with Gasteiger partial charge in [-0.3, -0.25) is 0 Å². The first kappa shape index (κ1) is 12.8. The van der Waals surface area contributed by atoms with E-state index in [1.165, 1.54) is 16.5 Å². The van der Waals surface area contributed by atoms with Crippen LogP contribution in [0, 0.1) is 0 Å². The minimum atomic E-state index is 0.314. The van der Waals surface area contributed by atoms with Crippen LogP contribution >= 0.6 is 0 Å². The predicted molar refractivity (Wildman–Crippen MR) is 81.9 cm³/mol. The lowest BCUT2D eigenvalue weighted by atomic mass is 10.2. The van der Waals surface area contributed by atoms with E-state index >= 15 is 0 Å². The van der Waals surface area contributed by atoms with Gasteiger partial charge in [-0.15, -0.1) is 0 Å². The number of aromatic nitrogens is 1. The van der Waals surface area contributed by atoms with Crippen LogP contribution in [0.3, 0.4) is 0 Å². The quantitative estimate of drug-likeness (QED) is 0.761. The van der Waals surface area contributed by atoms with Gasteiger partial charge in [0.2, 0.25) is 0 Å². The van der Waals surface area contributed by atoms with E-state index in [2.05, 4.69) is 40.3 Å². The third kappa shape index (κ3) is 2.40. The van der Waals surface area contributed by atoms with Crippen LogP contribution in [0.5, 0.6) is 5.75 Å². The van der Waals surface area contributed by atoms with Crippen molar-refractivity contribution in [2.24, 2.45) is 0 Å². The molecular formula is C17H18N2O. The summed E-state index contributed by atoms with van der Waals surface area (Å²) in [5.41, 5.74) is 3.62. The van der Waals surface area contributed by atoms with Crippen molar-refractivity contribution in [2.45, 2.75) is 13.1 Å². The van der Waals surface area contributed by atoms with Crippen molar-refractivity contribution in [2.75, 3.05) is 7.05 Å². The van der Waals surface area contributed by atoms with Gasteiger partial charge in [0.15, 0.2) is 0 Å². The summed E-state index contributed by atoms with van der Waals surface area (Å²) < 4.78 is 2.23. The number of aromatic hydroxyl groups is 1. The van der Waals surface area contributed by atoms with Crippen LogP contribution in [0.4, 0.5) is 0 Å². The average molecular weight is 266 g/mol. The number of hydrogen-bond donors (Lipinski definition) is 2. The van der Waals surface area contributed by atoms with Crippen LogP contribution in [0.2, 0.25) is 0 Å². The van der Waals surface area contributed by atoms with Gasteiger partial charge in [-0.1, -0.05) is 30.3 Å². The molecule has 0 saturated carbocycles. The second-order valence-electron chi connectivity index (χ2n) is 5.00. The molecule has 3 heteroatoms. The van der Waals surface area contributed by atoms with E-state index in [0.29, 0.717) is 5.75 Å². The van der Waals surface area contributed by atoms with Gasteiger partial charge in [0, 0.05) is 30.2 Å². The molecular weight excluding hydrogens is 248 g/mol. The summed E-state index contributed by atoms with van der Waals surface area (Å²) in [5.74, 6) is 0.314. The number of hydrogen-bond acceptors (Lipinski definition) is 2. The molecule has 0 atom stereocenters. The minimum absolute atomic E-state index is 0.314. The molecule has 0 aliphatic carbocycles. The van der Waals surface area contributed by atoms with Crippen LogP contribution in [0.1, 0.15) is 11.1 Å². The topological polar surface area (TPSA) is 37.2 Å². The molecule has 0 radical (unpaired) electrons. The molecule has 0 bridgehead atoms. The third-order valence-corrected chi connectivity index (χ3v) is 3.50.